The van der Waals surface area contributed by atoms with E-state index in [0.717, 1.165) is 51.1 Å². The highest BCUT2D eigenvalue weighted by Crippen LogP contribution is 2.49. The Morgan fingerprint density at radius 3 is 1.35 bits per heavy atom. The SMILES string of the molecule is COC(=O)c1cccc(/C=C/c2ccc(-c3cc(C(C)(C)O)nn3-c3c(Cl)cccc3Cl)c(C)c2)c1.COC(=O)c1cccc(CP(=O)(OC)OC)c1.Cc1cc(C=O)ccc1-c1cc(C(C)(C)O)nn1-c1c(Cl)cccc1Cl. The third-order valence-corrected chi connectivity index (χ3v) is 15.3. The van der Waals surface area contributed by atoms with Crippen molar-refractivity contribution in [1.29, 1.82) is 0 Å². The number of rotatable bonds is 15. The molecule has 0 bridgehead atoms. The molecular weight excluding hydrogens is 1110 g/mol. The van der Waals surface area contributed by atoms with Gasteiger partial charge in [0.1, 0.15) is 28.9 Å². The van der Waals surface area contributed by atoms with Gasteiger partial charge in [-0.1, -0.05) is 125 Å². The highest BCUT2D eigenvalue weighted by Gasteiger charge is 2.27. The van der Waals surface area contributed by atoms with Crippen molar-refractivity contribution in [3.05, 3.63) is 209 Å². The molecular formula is C60H59Cl4N4O10P. The largest absolute Gasteiger partial charge is 0.465 e. The van der Waals surface area contributed by atoms with E-state index in [1.54, 1.807) is 122 Å². The minimum Gasteiger partial charge on any atom is -0.465 e. The molecule has 0 spiro atoms. The fraction of sp³-hybridized carbons (Fsp3) is 0.217. The zero-order valence-electron chi connectivity index (χ0n) is 45.0. The van der Waals surface area contributed by atoms with Crippen LogP contribution in [0, 0.1) is 13.8 Å². The predicted octanol–water partition coefficient (Wildman–Crippen LogP) is 15.0. The van der Waals surface area contributed by atoms with Crippen LogP contribution in [-0.2, 0) is 40.5 Å². The van der Waals surface area contributed by atoms with Crippen molar-refractivity contribution < 1.29 is 47.7 Å². The van der Waals surface area contributed by atoms with Crippen LogP contribution >= 0.6 is 54.0 Å². The number of carbonyl (C=O) groups excluding carboxylic acids is 3. The average molecular weight is 1170 g/mol. The Kier molecular flexibility index (Phi) is 20.7. The normalized spacial score (nSPS) is 11.6. The molecule has 0 unspecified atom stereocenters. The molecule has 0 aliphatic carbocycles. The maximum Gasteiger partial charge on any atom is 0.337 e. The number of aldehydes is 1. The van der Waals surface area contributed by atoms with Gasteiger partial charge in [-0.15, -0.1) is 0 Å². The summed E-state index contributed by atoms with van der Waals surface area (Å²) in [4.78, 5) is 34.2. The third kappa shape index (κ3) is 15.4. The van der Waals surface area contributed by atoms with Crippen LogP contribution < -0.4 is 0 Å². The van der Waals surface area contributed by atoms with Gasteiger partial charge in [0.25, 0.3) is 0 Å². The molecule has 14 nitrogen and oxygen atoms in total. The van der Waals surface area contributed by atoms with Gasteiger partial charge >= 0.3 is 19.5 Å². The molecule has 0 saturated carbocycles. The van der Waals surface area contributed by atoms with Gasteiger partial charge in [0.15, 0.2) is 0 Å². The lowest BCUT2D eigenvalue weighted by Crippen LogP contribution is -2.16. The number of aromatic nitrogens is 4. The summed E-state index contributed by atoms with van der Waals surface area (Å²) in [6, 6.07) is 39.6. The van der Waals surface area contributed by atoms with Crippen LogP contribution in [0.5, 0.6) is 0 Å². The second-order valence-electron chi connectivity index (χ2n) is 19.0. The van der Waals surface area contributed by atoms with Crippen LogP contribution in [0.1, 0.15) is 98.0 Å². The van der Waals surface area contributed by atoms with Crippen LogP contribution in [0.3, 0.4) is 0 Å². The van der Waals surface area contributed by atoms with Gasteiger partial charge in [-0.3, -0.25) is 9.36 Å². The first-order valence-electron chi connectivity index (χ1n) is 24.3. The summed E-state index contributed by atoms with van der Waals surface area (Å²) >= 11 is 25.8. The monoisotopic (exact) mass is 1170 g/mol. The van der Waals surface area contributed by atoms with Gasteiger partial charge < -0.3 is 28.7 Å². The number of esters is 2. The minimum atomic E-state index is -3.11. The molecule has 0 atom stereocenters. The Hall–Kier alpha value is -6.68. The van der Waals surface area contributed by atoms with Crippen LogP contribution in [0.15, 0.2) is 133 Å². The average Bonchev–Trinajstić information content (AvgIpc) is 4.09. The van der Waals surface area contributed by atoms with Crippen molar-refractivity contribution in [2.24, 2.45) is 0 Å². The molecule has 2 N–H and O–H groups in total. The molecule has 0 fully saturated rings. The zero-order valence-corrected chi connectivity index (χ0v) is 49.0. The summed E-state index contributed by atoms with van der Waals surface area (Å²) in [5, 5.41) is 32.1. The Bertz CT molecular complexity index is 3550. The standard InChI is InChI=1S/C29H26Cl2N2O3.C20H18Cl2N2O2.C11H15O5P/c1-18-15-20(12-11-19-7-5-8-21(16-19)28(34)36-4)13-14-22(18)25-17-26(29(2,3)35)32-33(25)27-23(30)9-6-10-24(27)31;1-12-9-13(11-25)7-8-14(12)17-10-18(20(2,3)26)23-24(17)19-15(21)5-4-6-16(19)22;1-14-11(12)10-6-4-5-9(7-10)8-17(13,15-2)16-3/h5-17,35H,1-4H3;4-11,26H,1-3H3;4-7H,8H2,1-3H3/b12-11+;;. The van der Waals surface area contributed by atoms with Crippen molar-refractivity contribution in [3.63, 3.8) is 0 Å². The molecule has 412 valence electrons. The molecule has 6 aromatic carbocycles. The number of halogens is 4. The number of hydrogen-bond donors (Lipinski definition) is 2. The highest BCUT2D eigenvalue weighted by molar-refractivity contribution is 7.52. The van der Waals surface area contributed by atoms with E-state index < -0.39 is 24.8 Å². The number of benzene rings is 6. The number of aryl methyl sites for hydroxylation is 2. The first kappa shape index (κ1) is 61.5. The zero-order chi connectivity index (χ0) is 58.0. The Balaban J connectivity index is 0.000000205. The second kappa shape index (κ2) is 26.5. The number of carbonyl (C=O) groups is 3. The lowest BCUT2D eigenvalue weighted by molar-refractivity contribution is 0.0592. The van der Waals surface area contributed by atoms with Crippen LogP contribution in [-0.4, -0.2) is 76.4 Å². The highest BCUT2D eigenvalue weighted by atomic mass is 35.5. The molecule has 0 radical (unpaired) electrons. The summed E-state index contributed by atoms with van der Waals surface area (Å²) in [5.41, 5.74) is 9.08. The van der Waals surface area contributed by atoms with Gasteiger partial charge in [-0.25, -0.2) is 19.0 Å². The fourth-order valence-corrected chi connectivity index (χ4v) is 10.2. The number of hydrogen-bond acceptors (Lipinski definition) is 12. The summed E-state index contributed by atoms with van der Waals surface area (Å²) in [7, 11) is 2.22. The molecule has 2 heterocycles. The molecule has 8 aromatic rings. The quantitative estimate of drug-likeness (QED) is 0.0430. The van der Waals surface area contributed by atoms with E-state index in [9.17, 15) is 29.2 Å². The van der Waals surface area contributed by atoms with E-state index >= 15 is 0 Å². The Labute approximate surface area is 479 Å². The second-order valence-corrected chi connectivity index (χ2v) is 22.9. The van der Waals surface area contributed by atoms with E-state index in [1.807, 2.05) is 68.5 Å². The maximum atomic E-state index is 11.9. The van der Waals surface area contributed by atoms with E-state index in [4.69, 9.17) is 60.2 Å². The van der Waals surface area contributed by atoms with Crippen molar-refractivity contribution in [1.82, 2.24) is 19.6 Å². The van der Waals surface area contributed by atoms with Crippen molar-refractivity contribution in [2.75, 3.05) is 28.4 Å². The van der Waals surface area contributed by atoms with Crippen molar-refractivity contribution in [3.8, 4) is 33.9 Å². The molecule has 0 saturated heterocycles. The van der Waals surface area contributed by atoms with Crippen LogP contribution in [0.4, 0.5) is 0 Å². The lowest BCUT2D eigenvalue weighted by atomic mass is 9.99. The summed E-state index contributed by atoms with van der Waals surface area (Å²) < 4.78 is 34.3. The molecule has 0 amide bonds. The Morgan fingerprint density at radius 1 is 0.557 bits per heavy atom. The number of nitrogens with zero attached hydrogens (tertiary/aromatic N) is 4. The minimum absolute atomic E-state index is 0.116. The molecule has 0 aliphatic heterocycles. The number of ether oxygens (including phenoxy) is 2. The summed E-state index contributed by atoms with van der Waals surface area (Å²) in [6.45, 7) is 10.6. The van der Waals surface area contributed by atoms with Gasteiger partial charge in [0.05, 0.1) is 74.4 Å². The predicted molar refractivity (Wildman–Crippen MR) is 313 cm³/mol. The number of para-hydroxylation sites is 2. The van der Waals surface area contributed by atoms with Crippen LogP contribution in [0.25, 0.3) is 46.0 Å². The van der Waals surface area contributed by atoms with E-state index in [-0.39, 0.29) is 12.1 Å². The number of methoxy groups -OCH3 is 2. The van der Waals surface area contributed by atoms with Crippen molar-refractivity contribution in [2.45, 2.75) is 58.9 Å². The smallest absolute Gasteiger partial charge is 0.337 e. The molecule has 79 heavy (non-hydrogen) atoms. The molecule has 8 rings (SSSR count). The summed E-state index contributed by atoms with van der Waals surface area (Å²) in [6.07, 6.45) is 4.85. The maximum absolute atomic E-state index is 11.9. The molecule has 19 heteroatoms. The lowest BCUT2D eigenvalue weighted by Gasteiger charge is -2.14. The van der Waals surface area contributed by atoms with E-state index in [0.29, 0.717) is 65.1 Å². The topological polar surface area (TPSA) is 181 Å². The van der Waals surface area contributed by atoms with E-state index in [1.165, 1.54) is 28.4 Å². The van der Waals surface area contributed by atoms with E-state index in [2.05, 4.69) is 21.0 Å². The molecule has 2 aromatic heterocycles. The number of aliphatic hydroxyl groups is 2. The van der Waals surface area contributed by atoms with Gasteiger partial charge in [-0.2, -0.15) is 10.2 Å². The molecule has 0 aliphatic rings. The third-order valence-electron chi connectivity index (χ3n) is 12.2. The first-order chi connectivity index (χ1) is 37.3. The van der Waals surface area contributed by atoms with Gasteiger partial charge in [-0.05, 0) is 136 Å². The fourth-order valence-electron chi connectivity index (χ4n) is 8.01. The summed E-state index contributed by atoms with van der Waals surface area (Å²) in [5.74, 6) is -0.803. The van der Waals surface area contributed by atoms with Gasteiger partial charge in [0.2, 0.25) is 0 Å². The van der Waals surface area contributed by atoms with Gasteiger partial charge in [0, 0.05) is 30.9 Å². The first-order valence-corrected chi connectivity index (χ1v) is 27.5. The van der Waals surface area contributed by atoms with Crippen molar-refractivity contribution >= 4 is 84.4 Å². The van der Waals surface area contributed by atoms with Crippen LogP contribution in [0.2, 0.25) is 20.1 Å². The Morgan fingerprint density at radius 2 is 0.949 bits per heavy atom.